The van der Waals surface area contributed by atoms with Crippen LogP contribution in [0.5, 0.6) is 0 Å². The Hall–Kier alpha value is -1.55. The molecular weight excluding hydrogens is 336 g/mol. The molecule has 0 spiro atoms. The molecule has 138 valence electrons. The Kier molecular flexibility index (Phi) is 7.76. The zero-order valence-corrected chi connectivity index (χ0v) is 15.9. The number of carbonyl (C=O) groups excluding carboxylic acids is 2. The lowest BCUT2D eigenvalue weighted by atomic mass is 9.81. The average molecular weight is 365 g/mol. The van der Waals surface area contributed by atoms with Gasteiger partial charge in [0.1, 0.15) is 0 Å². The van der Waals surface area contributed by atoms with E-state index in [1.807, 2.05) is 24.3 Å². The SMILES string of the molecule is CC(C)CNC(=O)C1CCC(C(=O)NCCc2cccc(Cl)c2)CC1. The molecule has 0 atom stereocenters. The molecule has 0 heterocycles. The molecule has 4 nitrogen and oxygen atoms in total. The Morgan fingerprint density at radius 2 is 1.68 bits per heavy atom. The van der Waals surface area contributed by atoms with E-state index in [2.05, 4.69) is 24.5 Å². The maximum atomic E-state index is 12.3. The van der Waals surface area contributed by atoms with Gasteiger partial charge >= 0.3 is 0 Å². The van der Waals surface area contributed by atoms with E-state index in [0.29, 0.717) is 12.5 Å². The third-order valence-corrected chi connectivity index (χ3v) is 4.99. The van der Waals surface area contributed by atoms with Gasteiger partial charge in [0.05, 0.1) is 0 Å². The normalized spacial score (nSPS) is 20.3. The lowest BCUT2D eigenvalue weighted by Gasteiger charge is -2.27. The molecule has 1 aromatic carbocycles. The van der Waals surface area contributed by atoms with E-state index in [9.17, 15) is 9.59 Å². The molecule has 0 radical (unpaired) electrons. The number of hydrogen-bond donors (Lipinski definition) is 2. The van der Waals surface area contributed by atoms with Crippen molar-refractivity contribution in [3.8, 4) is 0 Å². The molecule has 1 fully saturated rings. The number of amides is 2. The number of carbonyl (C=O) groups is 2. The second kappa shape index (κ2) is 9.81. The highest BCUT2D eigenvalue weighted by Crippen LogP contribution is 2.29. The Morgan fingerprint density at radius 3 is 2.24 bits per heavy atom. The fraction of sp³-hybridized carbons (Fsp3) is 0.600. The molecule has 0 aromatic heterocycles. The smallest absolute Gasteiger partial charge is 0.223 e. The fourth-order valence-electron chi connectivity index (χ4n) is 3.23. The minimum atomic E-state index is 0.0357. The van der Waals surface area contributed by atoms with Gasteiger partial charge in [0, 0.05) is 29.9 Å². The largest absolute Gasteiger partial charge is 0.356 e. The molecule has 1 aliphatic rings. The van der Waals surface area contributed by atoms with E-state index in [4.69, 9.17) is 11.6 Å². The summed E-state index contributed by atoms with van der Waals surface area (Å²) in [6.45, 7) is 5.52. The van der Waals surface area contributed by atoms with Crippen molar-refractivity contribution in [1.29, 1.82) is 0 Å². The summed E-state index contributed by atoms with van der Waals surface area (Å²) in [5, 5.41) is 6.74. The van der Waals surface area contributed by atoms with Crippen LogP contribution in [0.25, 0.3) is 0 Å². The molecule has 2 amide bonds. The molecule has 0 saturated heterocycles. The van der Waals surface area contributed by atoms with Gasteiger partial charge in [0.15, 0.2) is 0 Å². The van der Waals surface area contributed by atoms with Crippen molar-refractivity contribution in [2.45, 2.75) is 46.0 Å². The second-order valence-electron chi connectivity index (χ2n) is 7.36. The minimum absolute atomic E-state index is 0.0357. The summed E-state index contributed by atoms with van der Waals surface area (Å²) in [7, 11) is 0. The van der Waals surface area contributed by atoms with Gasteiger partial charge in [-0.1, -0.05) is 37.6 Å². The van der Waals surface area contributed by atoms with Gasteiger partial charge in [0.25, 0.3) is 0 Å². The summed E-state index contributed by atoms with van der Waals surface area (Å²) in [5.41, 5.74) is 1.12. The zero-order valence-electron chi connectivity index (χ0n) is 15.2. The molecule has 1 saturated carbocycles. The van der Waals surface area contributed by atoms with Crippen LogP contribution in [0.2, 0.25) is 5.02 Å². The standard InChI is InChI=1S/C20H29ClN2O2/c1-14(2)13-23-20(25)17-8-6-16(7-9-17)19(24)22-11-10-15-4-3-5-18(21)12-15/h3-5,12,14,16-17H,6-11,13H2,1-2H3,(H,22,24)(H,23,25). The first-order valence-electron chi connectivity index (χ1n) is 9.25. The molecule has 25 heavy (non-hydrogen) atoms. The van der Waals surface area contributed by atoms with Crippen molar-refractivity contribution in [2.24, 2.45) is 17.8 Å². The lowest BCUT2D eigenvalue weighted by molar-refractivity contribution is -0.130. The summed E-state index contributed by atoms with van der Waals surface area (Å²) in [5.74, 6) is 0.824. The molecule has 1 aromatic rings. The highest BCUT2D eigenvalue weighted by molar-refractivity contribution is 6.30. The molecule has 0 aliphatic heterocycles. The third kappa shape index (κ3) is 6.69. The van der Waals surface area contributed by atoms with Crippen molar-refractivity contribution in [3.63, 3.8) is 0 Å². The number of benzene rings is 1. The van der Waals surface area contributed by atoms with Crippen molar-refractivity contribution < 1.29 is 9.59 Å². The van der Waals surface area contributed by atoms with Crippen molar-refractivity contribution in [2.75, 3.05) is 13.1 Å². The van der Waals surface area contributed by atoms with Crippen LogP contribution in [0.1, 0.15) is 45.1 Å². The quantitative estimate of drug-likeness (QED) is 0.776. The van der Waals surface area contributed by atoms with E-state index >= 15 is 0 Å². The summed E-state index contributed by atoms with van der Waals surface area (Å²) in [6, 6.07) is 7.71. The van der Waals surface area contributed by atoms with Crippen LogP contribution < -0.4 is 10.6 Å². The molecule has 2 rings (SSSR count). The van der Waals surface area contributed by atoms with E-state index in [0.717, 1.165) is 49.2 Å². The number of hydrogen-bond acceptors (Lipinski definition) is 2. The minimum Gasteiger partial charge on any atom is -0.356 e. The molecular formula is C20H29ClN2O2. The Bertz CT molecular complexity index is 581. The first-order valence-corrected chi connectivity index (χ1v) is 9.63. The van der Waals surface area contributed by atoms with E-state index in [1.165, 1.54) is 0 Å². The van der Waals surface area contributed by atoms with Crippen LogP contribution in [0.4, 0.5) is 0 Å². The Morgan fingerprint density at radius 1 is 1.08 bits per heavy atom. The fourth-order valence-corrected chi connectivity index (χ4v) is 3.45. The summed E-state index contributed by atoms with van der Waals surface area (Å²) in [6.07, 6.45) is 3.97. The number of halogens is 1. The van der Waals surface area contributed by atoms with Crippen molar-refractivity contribution >= 4 is 23.4 Å². The predicted molar refractivity (Wildman–Crippen MR) is 101 cm³/mol. The summed E-state index contributed by atoms with van der Waals surface area (Å²) in [4.78, 5) is 24.4. The monoisotopic (exact) mass is 364 g/mol. The number of nitrogens with one attached hydrogen (secondary N) is 2. The van der Waals surface area contributed by atoms with E-state index in [1.54, 1.807) is 0 Å². The highest BCUT2D eigenvalue weighted by atomic mass is 35.5. The molecule has 5 heteroatoms. The Balaban J connectivity index is 1.67. The van der Waals surface area contributed by atoms with Crippen LogP contribution in [0.15, 0.2) is 24.3 Å². The van der Waals surface area contributed by atoms with Crippen molar-refractivity contribution in [3.05, 3.63) is 34.9 Å². The van der Waals surface area contributed by atoms with Crippen LogP contribution in [-0.2, 0) is 16.0 Å². The topological polar surface area (TPSA) is 58.2 Å². The summed E-state index contributed by atoms with van der Waals surface area (Å²) < 4.78 is 0. The van der Waals surface area contributed by atoms with Crippen molar-refractivity contribution in [1.82, 2.24) is 10.6 Å². The van der Waals surface area contributed by atoms with Gasteiger partial charge in [-0.3, -0.25) is 9.59 Å². The van der Waals surface area contributed by atoms with Gasteiger partial charge < -0.3 is 10.6 Å². The molecule has 0 unspecified atom stereocenters. The molecule has 2 N–H and O–H groups in total. The highest BCUT2D eigenvalue weighted by Gasteiger charge is 2.29. The Labute approximate surface area is 155 Å². The first kappa shape index (κ1) is 19.8. The van der Waals surface area contributed by atoms with Gasteiger partial charge in [-0.2, -0.15) is 0 Å². The lowest BCUT2D eigenvalue weighted by Crippen LogP contribution is -2.38. The maximum absolute atomic E-state index is 12.3. The third-order valence-electron chi connectivity index (χ3n) is 4.76. The van der Waals surface area contributed by atoms with Gasteiger partial charge in [0.2, 0.25) is 11.8 Å². The van der Waals surface area contributed by atoms with E-state index < -0.39 is 0 Å². The second-order valence-corrected chi connectivity index (χ2v) is 7.79. The van der Waals surface area contributed by atoms with Crippen LogP contribution >= 0.6 is 11.6 Å². The van der Waals surface area contributed by atoms with Crippen LogP contribution in [-0.4, -0.2) is 24.9 Å². The number of rotatable bonds is 7. The maximum Gasteiger partial charge on any atom is 0.223 e. The predicted octanol–water partition coefficient (Wildman–Crippen LogP) is 3.58. The zero-order chi connectivity index (χ0) is 18.2. The first-order chi connectivity index (χ1) is 12.0. The molecule has 0 bridgehead atoms. The van der Waals surface area contributed by atoms with Crippen LogP contribution in [0.3, 0.4) is 0 Å². The molecule has 1 aliphatic carbocycles. The van der Waals surface area contributed by atoms with E-state index in [-0.39, 0.29) is 23.7 Å². The van der Waals surface area contributed by atoms with Gasteiger partial charge in [-0.25, -0.2) is 0 Å². The summed E-state index contributed by atoms with van der Waals surface area (Å²) >= 11 is 5.97. The van der Waals surface area contributed by atoms with Crippen LogP contribution in [0, 0.1) is 17.8 Å². The van der Waals surface area contributed by atoms with Gasteiger partial charge in [-0.05, 0) is 55.7 Å². The van der Waals surface area contributed by atoms with Gasteiger partial charge in [-0.15, -0.1) is 0 Å². The average Bonchev–Trinajstić information content (AvgIpc) is 2.59.